The molecule has 0 radical (unpaired) electrons. The highest BCUT2D eigenvalue weighted by atomic mass is 15.1. The molecule has 0 spiro atoms. The number of rotatable bonds is 6. The lowest BCUT2D eigenvalue weighted by atomic mass is 9.88. The monoisotopic (exact) mass is 277 g/mol. The summed E-state index contributed by atoms with van der Waals surface area (Å²) in [4.78, 5) is 6.80. The average molecular weight is 277 g/mol. The van der Waals surface area contributed by atoms with Crippen LogP contribution in [0.3, 0.4) is 0 Å². The Hall–Kier alpha value is -1.09. The molecule has 1 N–H and O–H groups in total. The van der Waals surface area contributed by atoms with Crippen molar-refractivity contribution in [1.29, 1.82) is 0 Å². The Bertz CT molecular complexity index is 378. The second-order valence-corrected chi connectivity index (χ2v) is 7.42. The van der Waals surface area contributed by atoms with Crippen molar-refractivity contribution in [2.45, 2.75) is 52.5 Å². The van der Waals surface area contributed by atoms with Gasteiger partial charge in [0.15, 0.2) is 0 Å². The molecule has 1 heterocycles. The van der Waals surface area contributed by atoms with Crippen LogP contribution in [0.5, 0.6) is 0 Å². The molecule has 0 saturated carbocycles. The summed E-state index contributed by atoms with van der Waals surface area (Å²) in [5, 5.41) is 3.57. The Labute approximate surface area is 124 Å². The zero-order valence-electron chi connectivity index (χ0n) is 14.2. The summed E-state index contributed by atoms with van der Waals surface area (Å²) in [5.74, 6) is 1.66. The molecule has 114 valence electrons. The predicted molar refractivity (Wildman–Crippen MR) is 88.4 cm³/mol. The van der Waals surface area contributed by atoms with Crippen LogP contribution in [0.4, 0.5) is 5.82 Å². The molecule has 0 aliphatic heterocycles. The smallest absolute Gasteiger partial charge is 0.126 e. The van der Waals surface area contributed by atoms with E-state index in [1.165, 1.54) is 5.56 Å². The maximum atomic E-state index is 4.57. The quantitative estimate of drug-likeness (QED) is 0.858. The lowest BCUT2D eigenvalue weighted by Crippen LogP contribution is -2.33. The van der Waals surface area contributed by atoms with Crippen LogP contribution < -0.4 is 5.32 Å². The number of nitrogens with one attached hydrogen (secondary N) is 1. The third-order valence-corrected chi connectivity index (χ3v) is 3.32. The average Bonchev–Trinajstić information content (AvgIpc) is 2.26. The molecule has 0 fully saturated rings. The van der Waals surface area contributed by atoms with Crippen molar-refractivity contribution in [2.24, 2.45) is 5.92 Å². The second kappa shape index (κ2) is 7.07. The lowest BCUT2D eigenvalue weighted by molar-refractivity contribution is 0.356. The summed E-state index contributed by atoms with van der Waals surface area (Å²) in [6.45, 7) is 12.2. The van der Waals surface area contributed by atoms with Crippen molar-refractivity contribution in [3.63, 3.8) is 0 Å². The third-order valence-electron chi connectivity index (χ3n) is 3.32. The largest absolute Gasteiger partial charge is 0.366 e. The van der Waals surface area contributed by atoms with Crippen LogP contribution >= 0.6 is 0 Å². The first-order chi connectivity index (χ1) is 9.18. The fourth-order valence-corrected chi connectivity index (χ4v) is 2.32. The van der Waals surface area contributed by atoms with E-state index in [1.54, 1.807) is 0 Å². The van der Waals surface area contributed by atoms with E-state index in [-0.39, 0.29) is 5.41 Å². The first-order valence-corrected chi connectivity index (χ1v) is 7.56. The van der Waals surface area contributed by atoms with Gasteiger partial charge in [-0.3, -0.25) is 0 Å². The van der Waals surface area contributed by atoms with E-state index < -0.39 is 0 Å². The van der Waals surface area contributed by atoms with Gasteiger partial charge in [-0.2, -0.15) is 0 Å². The summed E-state index contributed by atoms with van der Waals surface area (Å²) in [7, 11) is 4.23. The molecular weight excluding hydrogens is 246 g/mol. The second-order valence-electron chi connectivity index (χ2n) is 7.42. The minimum Gasteiger partial charge on any atom is -0.366 e. The number of aromatic nitrogens is 1. The van der Waals surface area contributed by atoms with E-state index in [0.717, 1.165) is 18.8 Å². The van der Waals surface area contributed by atoms with Gasteiger partial charge >= 0.3 is 0 Å². The van der Waals surface area contributed by atoms with Gasteiger partial charge in [-0.15, -0.1) is 0 Å². The molecule has 0 saturated heterocycles. The molecule has 0 aromatic carbocycles. The zero-order chi connectivity index (χ0) is 15.3. The molecule has 1 aromatic heterocycles. The Morgan fingerprint density at radius 2 is 1.85 bits per heavy atom. The summed E-state index contributed by atoms with van der Waals surface area (Å²) in [6, 6.07) is 4.72. The summed E-state index contributed by atoms with van der Waals surface area (Å²) in [6.07, 6.45) is 3.14. The standard InChI is InChI=1S/C17H31N3/c1-13(2)10-15(12-20(6)7)19-16-9-8-14(11-18-16)17(3,4)5/h8-9,11,13,15H,10,12H2,1-7H3,(H,18,19). The van der Waals surface area contributed by atoms with Crippen molar-refractivity contribution in [3.8, 4) is 0 Å². The summed E-state index contributed by atoms with van der Waals surface area (Å²) >= 11 is 0. The van der Waals surface area contributed by atoms with Crippen LogP contribution in [0, 0.1) is 5.92 Å². The SMILES string of the molecule is CC(C)CC(CN(C)C)Nc1ccc(C(C)(C)C)cn1. The van der Waals surface area contributed by atoms with Crippen molar-refractivity contribution in [1.82, 2.24) is 9.88 Å². The molecule has 3 nitrogen and oxygen atoms in total. The first kappa shape index (κ1) is 17.0. The molecule has 0 bridgehead atoms. The Kier molecular flexibility index (Phi) is 6.00. The highest BCUT2D eigenvalue weighted by molar-refractivity contribution is 5.38. The fraction of sp³-hybridized carbons (Fsp3) is 0.706. The third kappa shape index (κ3) is 5.91. The minimum atomic E-state index is 0.159. The van der Waals surface area contributed by atoms with Crippen LogP contribution in [-0.4, -0.2) is 36.6 Å². The molecule has 3 heteroatoms. The molecular formula is C17H31N3. The maximum absolute atomic E-state index is 4.57. The topological polar surface area (TPSA) is 28.2 Å². The maximum Gasteiger partial charge on any atom is 0.126 e. The fourth-order valence-electron chi connectivity index (χ4n) is 2.32. The molecule has 1 unspecified atom stereocenters. The van der Waals surface area contributed by atoms with Crippen LogP contribution in [0.1, 0.15) is 46.6 Å². The number of nitrogens with zero attached hydrogens (tertiary/aromatic N) is 2. The van der Waals surface area contributed by atoms with E-state index in [0.29, 0.717) is 12.0 Å². The Morgan fingerprint density at radius 3 is 2.25 bits per heavy atom. The number of anilines is 1. The van der Waals surface area contributed by atoms with E-state index in [2.05, 4.69) is 76.0 Å². The van der Waals surface area contributed by atoms with E-state index in [4.69, 9.17) is 0 Å². The molecule has 1 aromatic rings. The van der Waals surface area contributed by atoms with Gasteiger partial charge in [0.2, 0.25) is 0 Å². The predicted octanol–water partition coefficient (Wildman–Crippen LogP) is 3.77. The first-order valence-electron chi connectivity index (χ1n) is 7.56. The number of pyridine rings is 1. The minimum absolute atomic E-state index is 0.159. The van der Waals surface area contributed by atoms with Gasteiger partial charge in [0.05, 0.1) is 0 Å². The molecule has 0 amide bonds. The van der Waals surface area contributed by atoms with Crippen LogP contribution in [0.25, 0.3) is 0 Å². The van der Waals surface area contributed by atoms with Gasteiger partial charge in [0.25, 0.3) is 0 Å². The van der Waals surface area contributed by atoms with Crippen LogP contribution in [0.15, 0.2) is 18.3 Å². The normalized spacial score (nSPS) is 13.8. The van der Waals surface area contributed by atoms with Crippen molar-refractivity contribution in [2.75, 3.05) is 26.0 Å². The molecule has 1 rings (SSSR count). The molecule has 20 heavy (non-hydrogen) atoms. The zero-order valence-corrected chi connectivity index (χ0v) is 14.2. The van der Waals surface area contributed by atoms with Gasteiger partial charge in [-0.25, -0.2) is 4.98 Å². The highest BCUT2D eigenvalue weighted by Crippen LogP contribution is 2.22. The Balaban J connectivity index is 2.73. The number of hydrogen-bond acceptors (Lipinski definition) is 3. The molecule has 1 atom stereocenters. The molecule has 0 aliphatic carbocycles. The highest BCUT2D eigenvalue weighted by Gasteiger charge is 2.15. The summed E-state index contributed by atoms with van der Waals surface area (Å²) < 4.78 is 0. The van der Waals surface area contributed by atoms with Gasteiger partial charge in [0.1, 0.15) is 5.82 Å². The van der Waals surface area contributed by atoms with Crippen LogP contribution in [0.2, 0.25) is 0 Å². The van der Waals surface area contributed by atoms with Crippen molar-refractivity contribution < 1.29 is 0 Å². The molecule has 0 aliphatic rings. The van der Waals surface area contributed by atoms with Gasteiger partial charge in [-0.1, -0.05) is 40.7 Å². The van der Waals surface area contributed by atoms with E-state index in [1.807, 2.05) is 6.20 Å². The number of likely N-dealkylation sites (N-methyl/N-ethyl adjacent to an activating group) is 1. The Morgan fingerprint density at radius 1 is 1.20 bits per heavy atom. The van der Waals surface area contributed by atoms with E-state index in [9.17, 15) is 0 Å². The van der Waals surface area contributed by atoms with Gasteiger partial charge in [0, 0.05) is 18.8 Å². The lowest BCUT2D eigenvalue weighted by Gasteiger charge is -2.25. The summed E-state index contributed by atoms with van der Waals surface area (Å²) in [5.41, 5.74) is 1.43. The van der Waals surface area contributed by atoms with Gasteiger partial charge in [-0.05, 0) is 43.5 Å². The van der Waals surface area contributed by atoms with Gasteiger partial charge < -0.3 is 10.2 Å². The van der Waals surface area contributed by atoms with E-state index >= 15 is 0 Å². The van der Waals surface area contributed by atoms with Crippen molar-refractivity contribution >= 4 is 5.82 Å². The van der Waals surface area contributed by atoms with Crippen molar-refractivity contribution in [3.05, 3.63) is 23.9 Å². The van der Waals surface area contributed by atoms with Crippen LogP contribution in [-0.2, 0) is 5.41 Å². The number of hydrogen-bond donors (Lipinski definition) is 1.